The number of nitrogens with zero attached hydrogens (tertiary/aromatic N) is 2. The highest BCUT2D eigenvalue weighted by atomic mass is 35.5. The van der Waals surface area contributed by atoms with E-state index >= 15 is 0 Å². The van der Waals surface area contributed by atoms with E-state index in [4.69, 9.17) is 11.6 Å². The van der Waals surface area contributed by atoms with Crippen LogP contribution in [-0.4, -0.2) is 16.7 Å². The number of halogens is 1. The number of hydrogen-bond donors (Lipinski definition) is 1. The Labute approximate surface area is 158 Å². The molecule has 0 aliphatic heterocycles. The summed E-state index contributed by atoms with van der Waals surface area (Å²) < 4.78 is 2.17. The number of hydrogen-bond acceptors (Lipinski definition) is 2. The molecule has 132 valence electrons. The van der Waals surface area contributed by atoms with Gasteiger partial charge in [-0.2, -0.15) is 5.10 Å². The monoisotopic (exact) mass is 365 g/mol. The number of benzene rings is 2. The molecule has 0 spiro atoms. The summed E-state index contributed by atoms with van der Waals surface area (Å²) in [6, 6.07) is 17.1. The van der Waals surface area contributed by atoms with Crippen molar-refractivity contribution >= 4 is 23.7 Å². The second kappa shape index (κ2) is 7.58. The summed E-state index contributed by atoms with van der Waals surface area (Å²) in [5, 5.41) is 4.68. The SMILES string of the molecule is Cc1ccc(-n2c(C)cc(/C=N\NC(=O)c3ccc(Cl)cc3)c2C)cc1. The Kier molecular flexibility index (Phi) is 5.24. The molecule has 4 nitrogen and oxygen atoms in total. The van der Waals surface area contributed by atoms with Crippen LogP contribution >= 0.6 is 11.6 Å². The van der Waals surface area contributed by atoms with Crippen LogP contribution in [0, 0.1) is 20.8 Å². The molecule has 0 bridgehead atoms. The molecule has 0 unspecified atom stereocenters. The maximum absolute atomic E-state index is 12.1. The van der Waals surface area contributed by atoms with Gasteiger partial charge in [0, 0.05) is 33.2 Å². The highest BCUT2D eigenvalue weighted by Crippen LogP contribution is 2.20. The lowest BCUT2D eigenvalue weighted by Crippen LogP contribution is -2.17. The quantitative estimate of drug-likeness (QED) is 0.523. The van der Waals surface area contributed by atoms with Crippen molar-refractivity contribution in [2.24, 2.45) is 5.10 Å². The fraction of sp³-hybridized carbons (Fsp3) is 0.143. The molecule has 1 amide bonds. The van der Waals surface area contributed by atoms with Crippen molar-refractivity contribution in [1.29, 1.82) is 0 Å². The largest absolute Gasteiger partial charge is 0.318 e. The van der Waals surface area contributed by atoms with Gasteiger partial charge in [-0.3, -0.25) is 4.79 Å². The van der Waals surface area contributed by atoms with Gasteiger partial charge in [-0.25, -0.2) is 5.43 Å². The summed E-state index contributed by atoms with van der Waals surface area (Å²) in [7, 11) is 0. The van der Waals surface area contributed by atoms with E-state index in [1.165, 1.54) is 5.56 Å². The number of carbonyl (C=O) groups excluding carboxylic acids is 1. The number of carbonyl (C=O) groups is 1. The average molecular weight is 366 g/mol. The fourth-order valence-corrected chi connectivity index (χ4v) is 2.96. The summed E-state index contributed by atoms with van der Waals surface area (Å²) >= 11 is 5.83. The number of amides is 1. The van der Waals surface area contributed by atoms with E-state index in [9.17, 15) is 4.79 Å². The smallest absolute Gasteiger partial charge is 0.271 e. The van der Waals surface area contributed by atoms with Gasteiger partial charge in [-0.05, 0) is 63.2 Å². The van der Waals surface area contributed by atoms with E-state index in [0.717, 1.165) is 22.6 Å². The van der Waals surface area contributed by atoms with Crippen molar-refractivity contribution < 1.29 is 4.79 Å². The Morgan fingerprint density at radius 1 is 1.04 bits per heavy atom. The first-order valence-electron chi connectivity index (χ1n) is 8.30. The van der Waals surface area contributed by atoms with Crippen LogP contribution in [0.3, 0.4) is 0 Å². The summed E-state index contributed by atoms with van der Waals surface area (Å²) in [6.45, 7) is 6.16. The van der Waals surface area contributed by atoms with Crippen molar-refractivity contribution in [3.63, 3.8) is 0 Å². The predicted octanol–water partition coefficient (Wildman–Crippen LogP) is 4.82. The van der Waals surface area contributed by atoms with Crippen LogP contribution in [0.2, 0.25) is 5.02 Å². The lowest BCUT2D eigenvalue weighted by Gasteiger charge is -2.09. The Morgan fingerprint density at radius 3 is 2.35 bits per heavy atom. The lowest BCUT2D eigenvalue weighted by atomic mass is 10.2. The van der Waals surface area contributed by atoms with E-state index in [2.05, 4.69) is 53.2 Å². The molecule has 1 aromatic heterocycles. The van der Waals surface area contributed by atoms with Gasteiger partial charge in [0.2, 0.25) is 0 Å². The standard InChI is InChI=1S/C21H20ClN3O/c1-14-4-10-20(11-5-14)25-15(2)12-18(16(25)3)13-23-24-21(26)17-6-8-19(22)9-7-17/h4-13H,1-3H3,(H,24,26)/b23-13-. The molecule has 1 heterocycles. The van der Waals surface area contributed by atoms with E-state index < -0.39 is 0 Å². The Bertz CT molecular complexity index is 954. The average Bonchev–Trinajstić information content (AvgIpc) is 2.90. The van der Waals surface area contributed by atoms with Crippen molar-refractivity contribution in [3.8, 4) is 5.69 Å². The Balaban J connectivity index is 1.77. The topological polar surface area (TPSA) is 46.4 Å². The molecular weight excluding hydrogens is 346 g/mol. The van der Waals surface area contributed by atoms with Crippen molar-refractivity contribution in [2.45, 2.75) is 20.8 Å². The third-order valence-corrected chi connectivity index (χ3v) is 4.49. The van der Waals surface area contributed by atoms with E-state index in [-0.39, 0.29) is 5.91 Å². The number of nitrogens with one attached hydrogen (secondary N) is 1. The maximum Gasteiger partial charge on any atom is 0.271 e. The van der Waals surface area contributed by atoms with Gasteiger partial charge in [0.05, 0.1) is 6.21 Å². The minimum absolute atomic E-state index is 0.273. The van der Waals surface area contributed by atoms with Crippen LogP contribution in [0.15, 0.2) is 59.7 Å². The molecule has 2 aromatic carbocycles. The molecule has 5 heteroatoms. The van der Waals surface area contributed by atoms with E-state index in [1.54, 1.807) is 30.5 Å². The zero-order valence-corrected chi connectivity index (χ0v) is 15.7. The Morgan fingerprint density at radius 2 is 1.69 bits per heavy atom. The van der Waals surface area contributed by atoms with Gasteiger partial charge in [0.1, 0.15) is 0 Å². The van der Waals surface area contributed by atoms with Crippen LogP contribution in [0.1, 0.15) is 32.9 Å². The van der Waals surface area contributed by atoms with E-state index in [1.807, 2.05) is 13.0 Å². The number of aromatic nitrogens is 1. The summed E-state index contributed by atoms with van der Waals surface area (Å²) in [4.78, 5) is 12.1. The van der Waals surface area contributed by atoms with Crippen LogP contribution in [0.25, 0.3) is 5.69 Å². The minimum atomic E-state index is -0.273. The molecule has 3 aromatic rings. The zero-order valence-electron chi connectivity index (χ0n) is 15.0. The molecule has 0 atom stereocenters. The third-order valence-electron chi connectivity index (χ3n) is 4.24. The van der Waals surface area contributed by atoms with Gasteiger partial charge < -0.3 is 4.57 Å². The maximum atomic E-state index is 12.1. The van der Waals surface area contributed by atoms with Gasteiger partial charge >= 0.3 is 0 Å². The van der Waals surface area contributed by atoms with Crippen LogP contribution in [-0.2, 0) is 0 Å². The first kappa shape index (κ1) is 18.0. The molecule has 0 saturated heterocycles. The molecule has 0 radical (unpaired) electrons. The number of hydrazone groups is 1. The highest BCUT2D eigenvalue weighted by molar-refractivity contribution is 6.30. The zero-order chi connectivity index (χ0) is 18.7. The van der Waals surface area contributed by atoms with Gasteiger partial charge in [-0.1, -0.05) is 29.3 Å². The molecule has 1 N–H and O–H groups in total. The Hall–Kier alpha value is -2.85. The molecular formula is C21H20ClN3O. The summed E-state index contributed by atoms with van der Waals surface area (Å²) in [6.07, 6.45) is 1.67. The number of rotatable bonds is 4. The molecule has 0 fully saturated rings. The molecule has 0 saturated carbocycles. The second-order valence-electron chi connectivity index (χ2n) is 6.20. The van der Waals surface area contributed by atoms with Crippen LogP contribution in [0.4, 0.5) is 0 Å². The first-order chi connectivity index (χ1) is 12.5. The highest BCUT2D eigenvalue weighted by Gasteiger charge is 2.09. The normalized spacial score (nSPS) is 11.1. The van der Waals surface area contributed by atoms with Crippen LogP contribution in [0.5, 0.6) is 0 Å². The van der Waals surface area contributed by atoms with Crippen molar-refractivity contribution in [3.05, 3.63) is 87.7 Å². The molecule has 0 aliphatic rings. The van der Waals surface area contributed by atoms with Crippen molar-refractivity contribution in [1.82, 2.24) is 9.99 Å². The predicted molar refractivity (Wildman–Crippen MR) is 106 cm³/mol. The number of aryl methyl sites for hydroxylation is 2. The van der Waals surface area contributed by atoms with Crippen molar-refractivity contribution in [2.75, 3.05) is 0 Å². The molecule has 0 aliphatic carbocycles. The molecule has 26 heavy (non-hydrogen) atoms. The summed E-state index contributed by atoms with van der Waals surface area (Å²) in [5.74, 6) is -0.273. The first-order valence-corrected chi connectivity index (χ1v) is 8.68. The van der Waals surface area contributed by atoms with Gasteiger partial charge in [-0.15, -0.1) is 0 Å². The second-order valence-corrected chi connectivity index (χ2v) is 6.64. The minimum Gasteiger partial charge on any atom is -0.318 e. The third kappa shape index (κ3) is 3.86. The lowest BCUT2D eigenvalue weighted by molar-refractivity contribution is 0.0955. The van der Waals surface area contributed by atoms with Crippen LogP contribution < -0.4 is 5.43 Å². The van der Waals surface area contributed by atoms with E-state index in [0.29, 0.717) is 10.6 Å². The van der Waals surface area contributed by atoms with Gasteiger partial charge in [0.15, 0.2) is 0 Å². The summed E-state index contributed by atoms with van der Waals surface area (Å²) in [5.41, 5.74) is 8.52. The molecule has 3 rings (SSSR count). The van der Waals surface area contributed by atoms with Gasteiger partial charge in [0.25, 0.3) is 5.91 Å². The fourth-order valence-electron chi connectivity index (χ4n) is 2.84.